The van der Waals surface area contributed by atoms with Crippen LogP contribution in [0.2, 0.25) is 0 Å². The minimum Gasteiger partial charge on any atom is -0.480 e. The van der Waals surface area contributed by atoms with Crippen molar-refractivity contribution in [1.82, 2.24) is 10.6 Å². The molecule has 55 heavy (non-hydrogen) atoms. The number of unbranched alkanes of at least 4 members (excludes halogenated alkanes) is 23. The van der Waals surface area contributed by atoms with Gasteiger partial charge in [0.25, 0.3) is 0 Å². The van der Waals surface area contributed by atoms with E-state index in [1.54, 1.807) is 0 Å². The van der Waals surface area contributed by atoms with Gasteiger partial charge in [0, 0.05) is 12.8 Å². The van der Waals surface area contributed by atoms with E-state index in [-0.39, 0.29) is 24.5 Å². The predicted octanol–water partition coefficient (Wildman–Crippen LogP) is 11.2. The fourth-order valence-electron chi connectivity index (χ4n) is 6.69. The van der Waals surface area contributed by atoms with Crippen molar-refractivity contribution in [3.63, 3.8) is 0 Å². The van der Waals surface area contributed by atoms with Crippen molar-refractivity contribution in [1.29, 1.82) is 0 Å². The van der Waals surface area contributed by atoms with Crippen LogP contribution in [-0.2, 0) is 23.9 Å². The minimum absolute atomic E-state index is 0.0315. The van der Waals surface area contributed by atoms with Crippen LogP contribution in [0.4, 0.5) is 0 Å². The van der Waals surface area contributed by atoms with E-state index < -0.39 is 24.5 Å². The zero-order chi connectivity index (χ0) is 40.5. The molecule has 4 N–H and O–H groups in total. The number of allylic oxidation sites excluding steroid dienone is 4. The van der Waals surface area contributed by atoms with Crippen molar-refractivity contribution in [3.05, 3.63) is 24.3 Å². The fraction of sp³-hybridized carbons (Fsp3) is 0.826. The maximum Gasteiger partial charge on any atom is 0.328 e. The van der Waals surface area contributed by atoms with Gasteiger partial charge in [0.1, 0.15) is 12.1 Å². The first-order chi connectivity index (χ1) is 26.8. The Balaban J connectivity index is 4.36. The Labute approximate surface area is 336 Å². The molecule has 0 aliphatic carbocycles. The number of carboxylic acids is 1. The Hall–Kier alpha value is -2.68. The van der Waals surface area contributed by atoms with E-state index in [4.69, 9.17) is 14.9 Å². The summed E-state index contributed by atoms with van der Waals surface area (Å²) in [4.78, 5) is 47.6. The highest BCUT2D eigenvalue weighted by Gasteiger charge is 2.19. The molecular weight excluding hydrogens is 693 g/mol. The number of amides is 2. The number of hydrogen-bond acceptors (Lipinski definition) is 6. The standard InChI is InChI=1S/C46H84N2O7/c1-3-5-7-9-11-13-15-17-18-19-20-22-24-27-31-35-41(55-45(52)38-34-30-25-23-21-16-14-12-10-8-6-4-2)36-32-28-26-29-33-37-43(50)47-39-44(51)48-42(40-49)46(53)54/h15,17,19-20,41-42,49H,3-14,16,18,21-40H2,1-2H3,(H,47,50)(H,48,51)(H,53,54)/b17-15-,20-19-. The summed E-state index contributed by atoms with van der Waals surface area (Å²) in [6.07, 6.45) is 44.8. The zero-order valence-electron chi connectivity index (χ0n) is 35.4. The number of esters is 1. The van der Waals surface area contributed by atoms with E-state index in [1.807, 2.05) is 0 Å². The van der Waals surface area contributed by atoms with Crippen molar-refractivity contribution >= 4 is 23.8 Å². The van der Waals surface area contributed by atoms with Crippen LogP contribution >= 0.6 is 0 Å². The molecule has 0 bridgehead atoms. The number of hydrogen-bond donors (Lipinski definition) is 4. The maximum absolute atomic E-state index is 12.8. The lowest BCUT2D eigenvalue weighted by atomic mass is 10.0. The van der Waals surface area contributed by atoms with E-state index in [0.29, 0.717) is 19.3 Å². The number of aliphatic carboxylic acids is 1. The molecule has 2 atom stereocenters. The van der Waals surface area contributed by atoms with Crippen molar-refractivity contribution in [2.45, 2.75) is 231 Å². The van der Waals surface area contributed by atoms with Crippen LogP contribution in [-0.4, -0.2) is 59.3 Å². The van der Waals surface area contributed by atoms with Crippen LogP contribution in [0.15, 0.2) is 24.3 Å². The maximum atomic E-state index is 12.8. The molecule has 0 radical (unpaired) electrons. The van der Waals surface area contributed by atoms with Gasteiger partial charge in [-0.3, -0.25) is 14.4 Å². The highest BCUT2D eigenvalue weighted by molar-refractivity contribution is 5.87. The Bertz CT molecular complexity index is 983. The smallest absolute Gasteiger partial charge is 0.328 e. The lowest BCUT2D eigenvalue weighted by Gasteiger charge is -2.18. The number of carboxylic acid groups (broad SMARTS) is 1. The van der Waals surface area contributed by atoms with Gasteiger partial charge in [-0.25, -0.2) is 4.79 Å². The largest absolute Gasteiger partial charge is 0.480 e. The first-order valence-corrected chi connectivity index (χ1v) is 22.7. The number of nitrogens with one attached hydrogen (secondary N) is 2. The molecule has 0 rings (SSSR count). The Morgan fingerprint density at radius 3 is 1.47 bits per heavy atom. The fourth-order valence-corrected chi connectivity index (χ4v) is 6.69. The van der Waals surface area contributed by atoms with Gasteiger partial charge < -0.3 is 25.6 Å². The summed E-state index contributed by atoms with van der Waals surface area (Å²) in [7, 11) is 0. The summed E-state index contributed by atoms with van der Waals surface area (Å²) >= 11 is 0. The second-order valence-electron chi connectivity index (χ2n) is 15.5. The normalized spacial score (nSPS) is 12.6. The number of aliphatic hydroxyl groups excluding tert-OH is 1. The molecule has 0 aromatic carbocycles. The minimum atomic E-state index is -1.38. The van der Waals surface area contributed by atoms with Crippen LogP contribution in [0.5, 0.6) is 0 Å². The predicted molar refractivity (Wildman–Crippen MR) is 227 cm³/mol. The molecule has 9 nitrogen and oxygen atoms in total. The summed E-state index contributed by atoms with van der Waals surface area (Å²) in [6.45, 7) is 3.48. The number of rotatable bonds is 41. The van der Waals surface area contributed by atoms with Gasteiger partial charge in [-0.1, -0.05) is 160 Å². The van der Waals surface area contributed by atoms with Crippen molar-refractivity contribution in [2.24, 2.45) is 0 Å². The molecule has 0 aliphatic rings. The third-order valence-electron chi connectivity index (χ3n) is 10.2. The van der Waals surface area contributed by atoms with E-state index >= 15 is 0 Å². The summed E-state index contributed by atoms with van der Waals surface area (Å²) in [5, 5.41) is 22.6. The van der Waals surface area contributed by atoms with E-state index in [0.717, 1.165) is 83.5 Å². The van der Waals surface area contributed by atoms with Crippen molar-refractivity contribution < 1.29 is 34.1 Å². The van der Waals surface area contributed by atoms with Crippen LogP contribution in [0.3, 0.4) is 0 Å². The van der Waals surface area contributed by atoms with Crippen LogP contribution < -0.4 is 10.6 Å². The molecule has 0 heterocycles. The molecule has 9 heteroatoms. The topological polar surface area (TPSA) is 142 Å². The third-order valence-corrected chi connectivity index (χ3v) is 10.2. The quantitative estimate of drug-likeness (QED) is 0.0275. The van der Waals surface area contributed by atoms with Gasteiger partial charge in [0.2, 0.25) is 11.8 Å². The van der Waals surface area contributed by atoms with Gasteiger partial charge in [-0.2, -0.15) is 0 Å². The number of ether oxygens (including phenoxy) is 1. The molecule has 2 amide bonds. The molecular formula is C46H84N2O7. The molecule has 0 aromatic heterocycles. The number of carbonyl (C=O) groups excluding carboxylic acids is 3. The average Bonchev–Trinajstić information content (AvgIpc) is 3.17. The molecule has 0 saturated carbocycles. The highest BCUT2D eigenvalue weighted by Crippen LogP contribution is 2.18. The summed E-state index contributed by atoms with van der Waals surface area (Å²) in [5.41, 5.74) is 0. The monoisotopic (exact) mass is 777 g/mol. The van der Waals surface area contributed by atoms with Gasteiger partial charge in [-0.15, -0.1) is 0 Å². The van der Waals surface area contributed by atoms with E-state index in [9.17, 15) is 19.2 Å². The van der Waals surface area contributed by atoms with Crippen molar-refractivity contribution in [2.75, 3.05) is 13.2 Å². The molecule has 0 aliphatic heterocycles. The third kappa shape index (κ3) is 38.0. The van der Waals surface area contributed by atoms with Crippen molar-refractivity contribution in [3.8, 4) is 0 Å². The molecule has 0 saturated heterocycles. The molecule has 2 unspecified atom stereocenters. The van der Waals surface area contributed by atoms with Gasteiger partial charge in [-0.05, 0) is 70.6 Å². The van der Waals surface area contributed by atoms with E-state index in [2.05, 4.69) is 48.8 Å². The Kier molecular flexibility index (Phi) is 39.0. The first kappa shape index (κ1) is 52.3. The molecule has 0 spiro atoms. The number of carbonyl (C=O) groups is 4. The summed E-state index contributed by atoms with van der Waals surface area (Å²) in [6, 6.07) is -1.38. The SMILES string of the molecule is CCCCCCC/C=C\C/C=C\CCCCCC(CCCCCCCC(=O)NCC(=O)NC(CO)C(=O)O)OC(=O)CCCCCCCCCCCCCC. The van der Waals surface area contributed by atoms with Gasteiger partial charge in [0.05, 0.1) is 13.2 Å². The average molecular weight is 777 g/mol. The lowest BCUT2D eigenvalue weighted by Crippen LogP contribution is -2.47. The summed E-state index contributed by atoms with van der Waals surface area (Å²) < 4.78 is 6.03. The molecule has 320 valence electrons. The second kappa shape index (κ2) is 41.0. The number of aliphatic hydroxyl groups is 1. The van der Waals surface area contributed by atoms with Crippen LogP contribution in [0, 0.1) is 0 Å². The summed E-state index contributed by atoms with van der Waals surface area (Å²) in [5.74, 6) is -2.30. The Morgan fingerprint density at radius 2 is 0.982 bits per heavy atom. The van der Waals surface area contributed by atoms with Gasteiger partial charge >= 0.3 is 11.9 Å². The highest BCUT2D eigenvalue weighted by atomic mass is 16.5. The van der Waals surface area contributed by atoms with Gasteiger partial charge in [0.15, 0.2) is 0 Å². The second-order valence-corrected chi connectivity index (χ2v) is 15.5. The Morgan fingerprint density at radius 1 is 0.545 bits per heavy atom. The first-order valence-electron chi connectivity index (χ1n) is 22.7. The lowest BCUT2D eigenvalue weighted by molar-refractivity contribution is -0.150. The molecule has 0 fully saturated rings. The van der Waals surface area contributed by atoms with Crippen LogP contribution in [0.25, 0.3) is 0 Å². The zero-order valence-corrected chi connectivity index (χ0v) is 35.4. The molecule has 0 aromatic rings. The van der Waals surface area contributed by atoms with Crippen LogP contribution in [0.1, 0.15) is 219 Å². The van der Waals surface area contributed by atoms with E-state index in [1.165, 1.54) is 103 Å².